The van der Waals surface area contributed by atoms with Crippen LogP contribution in [0, 0.1) is 0 Å². The number of rotatable bonds is 1. The highest BCUT2D eigenvalue weighted by atomic mass is 15.1. The molecule has 0 radical (unpaired) electrons. The van der Waals surface area contributed by atoms with Gasteiger partial charge in [0.2, 0.25) is 0 Å². The van der Waals surface area contributed by atoms with E-state index in [1.165, 1.54) is 0 Å². The van der Waals surface area contributed by atoms with Gasteiger partial charge in [0.25, 0.3) is 0 Å². The highest BCUT2D eigenvalue weighted by molar-refractivity contribution is 5.79. The van der Waals surface area contributed by atoms with Gasteiger partial charge in [-0.25, -0.2) is 4.98 Å². The summed E-state index contributed by atoms with van der Waals surface area (Å²) in [4.78, 5) is 10.6. The minimum atomic E-state index is 0.712. The van der Waals surface area contributed by atoms with Crippen molar-refractivity contribution < 1.29 is 0 Å². The second kappa shape index (κ2) is 3.14. The van der Waals surface area contributed by atoms with Crippen molar-refractivity contribution in [1.82, 2.24) is 9.97 Å². The van der Waals surface area contributed by atoms with Crippen molar-refractivity contribution >= 4 is 22.5 Å². The normalized spacial score (nSPS) is 10.4. The van der Waals surface area contributed by atoms with Crippen molar-refractivity contribution in [3.8, 4) is 0 Å². The third kappa shape index (κ3) is 1.46. The smallest absolute Gasteiger partial charge is 0.147 e. The summed E-state index contributed by atoms with van der Waals surface area (Å²) in [7, 11) is 3.88. The van der Waals surface area contributed by atoms with E-state index in [1.54, 1.807) is 6.20 Å². The van der Waals surface area contributed by atoms with E-state index in [0.29, 0.717) is 5.69 Å². The number of aromatic nitrogens is 2. The Hall–Kier alpha value is -1.84. The van der Waals surface area contributed by atoms with Gasteiger partial charge in [-0.1, -0.05) is 0 Å². The predicted molar refractivity (Wildman–Crippen MR) is 58.3 cm³/mol. The van der Waals surface area contributed by atoms with Crippen molar-refractivity contribution in [2.24, 2.45) is 0 Å². The third-order valence-corrected chi connectivity index (χ3v) is 2.01. The molecule has 1 aromatic carbocycles. The van der Waals surface area contributed by atoms with Crippen molar-refractivity contribution in [2.75, 3.05) is 24.7 Å². The van der Waals surface area contributed by atoms with Crippen molar-refractivity contribution in [3.05, 3.63) is 24.4 Å². The third-order valence-electron chi connectivity index (χ3n) is 2.01. The van der Waals surface area contributed by atoms with E-state index < -0.39 is 0 Å². The van der Waals surface area contributed by atoms with Crippen LogP contribution in [0.4, 0.5) is 11.5 Å². The monoisotopic (exact) mass is 188 g/mol. The Balaban J connectivity index is 2.62. The molecule has 4 nitrogen and oxygen atoms in total. The molecule has 0 aliphatic heterocycles. The number of anilines is 2. The number of nitrogens with zero attached hydrogens (tertiary/aromatic N) is 3. The molecule has 72 valence electrons. The maximum absolute atomic E-state index is 5.64. The standard InChI is InChI=1S/C10H12N4/c1-14(2)10-6-12-9-5-7(11)3-4-8(9)13-10/h3-6H,11H2,1-2H3. The van der Waals surface area contributed by atoms with Crippen LogP contribution in [-0.2, 0) is 0 Å². The molecule has 0 unspecified atom stereocenters. The Kier molecular flexibility index (Phi) is 1.96. The molecule has 1 aromatic heterocycles. The second-order valence-electron chi connectivity index (χ2n) is 3.37. The highest BCUT2D eigenvalue weighted by Crippen LogP contribution is 2.16. The molecule has 4 heteroatoms. The summed E-state index contributed by atoms with van der Waals surface area (Å²) < 4.78 is 0. The van der Waals surface area contributed by atoms with Crippen LogP contribution in [-0.4, -0.2) is 24.1 Å². The molecule has 0 spiro atoms. The van der Waals surface area contributed by atoms with Crippen molar-refractivity contribution in [2.45, 2.75) is 0 Å². The predicted octanol–water partition coefficient (Wildman–Crippen LogP) is 1.28. The van der Waals surface area contributed by atoms with Gasteiger partial charge in [-0.15, -0.1) is 0 Å². The quantitative estimate of drug-likeness (QED) is 0.685. The molecule has 0 aliphatic carbocycles. The lowest BCUT2D eigenvalue weighted by Crippen LogP contribution is -2.10. The molecule has 0 aliphatic rings. The van der Waals surface area contributed by atoms with Gasteiger partial charge in [0.05, 0.1) is 17.2 Å². The lowest BCUT2D eigenvalue weighted by molar-refractivity contribution is 1.06. The van der Waals surface area contributed by atoms with Crippen LogP contribution in [0.25, 0.3) is 11.0 Å². The number of nitrogen functional groups attached to an aromatic ring is 1. The fourth-order valence-electron chi connectivity index (χ4n) is 1.23. The summed E-state index contributed by atoms with van der Waals surface area (Å²) in [5, 5.41) is 0. The fourth-order valence-corrected chi connectivity index (χ4v) is 1.23. The molecule has 14 heavy (non-hydrogen) atoms. The second-order valence-corrected chi connectivity index (χ2v) is 3.37. The number of nitrogens with two attached hydrogens (primary N) is 1. The van der Waals surface area contributed by atoms with E-state index in [1.807, 2.05) is 37.2 Å². The number of benzene rings is 1. The summed E-state index contributed by atoms with van der Waals surface area (Å²) in [6.07, 6.45) is 1.74. The first kappa shape index (κ1) is 8.74. The van der Waals surface area contributed by atoms with E-state index in [2.05, 4.69) is 9.97 Å². The van der Waals surface area contributed by atoms with Crippen molar-refractivity contribution in [1.29, 1.82) is 0 Å². The summed E-state index contributed by atoms with van der Waals surface area (Å²) in [6.45, 7) is 0. The van der Waals surface area contributed by atoms with Gasteiger partial charge in [-0.3, -0.25) is 4.98 Å². The lowest BCUT2D eigenvalue weighted by atomic mass is 10.2. The Labute approximate surface area is 82.4 Å². The fraction of sp³-hybridized carbons (Fsp3) is 0.200. The molecule has 0 fully saturated rings. The first-order valence-electron chi connectivity index (χ1n) is 4.36. The maximum atomic E-state index is 5.64. The van der Waals surface area contributed by atoms with Gasteiger partial charge in [0.15, 0.2) is 0 Å². The molecule has 2 aromatic rings. The van der Waals surface area contributed by atoms with E-state index in [-0.39, 0.29) is 0 Å². The summed E-state index contributed by atoms with van der Waals surface area (Å²) in [6, 6.07) is 5.53. The zero-order valence-electron chi connectivity index (χ0n) is 8.23. The van der Waals surface area contributed by atoms with Gasteiger partial charge in [0.1, 0.15) is 5.82 Å². The Morgan fingerprint density at radius 1 is 1.21 bits per heavy atom. The minimum absolute atomic E-state index is 0.712. The number of hydrogen-bond acceptors (Lipinski definition) is 4. The molecule has 2 N–H and O–H groups in total. The molecule has 1 heterocycles. The van der Waals surface area contributed by atoms with Gasteiger partial charge in [0, 0.05) is 19.8 Å². The van der Waals surface area contributed by atoms with Gasteiger partial charge >= 0.3 is 0 Å². The molecule has 0 atom stereocenters. The van der Waals surface area contributed by atoms with E-state index in [9.17, 15) is 0 Å². The minimum Gasteiger partial charge on any atom is -0.399 e. The Morgan fingerprint density at radius 3 is 2.71 bits per heavy atom. The summed E-state index contributed by atoms with van der Waals surface area (Å²) in [5.41, 5.74) is 8.05. The highest BCUT2D eigenvalue weighted by Gasteiger charge is 2.00. The summed E-state index contributed by atoms with van der Waals surface area (Å²) in [5.74, 6) is 0.849. The van der Waals surface area contributed by atoms with Crippen LogP contribution in [0.2, 0.25) is 0 Å². The van der Waals surface area contributed by atoms with Crippen LogP contribution < -0.4 is 10.6 Å². The molecule has 0 amide bonds. The van der Waals surface area contributed by atoms with Crippen LogP contribution in [0.3, 0.4) is 0 Å². The van der Waals surface area contributed by atoms with Crippen LogP contribution in [0.5, 0.6) is 0 Å². The molecule has 2 rings (SSSR count). The zero-order valence-corrected chi connectivity index (χ0v) is 8.23. The van der Waals surface area contributed by atoms with Crippen LogP contribution >= 0.6 is 0 Å². The van der Waals surface area contributed by atoms with Gasteiger partial charge < -0.3 is 10.6 Å². The first-order valence-corrected chi connectivity index (χ1v) is 4.36. The molecule has 0 bridgehead atoms. The SMILES string of the molecule is CN(C)c1cnc2cc(N)ccc2n1. The van der Waals surface area contributed by atoms with Gasteiger partial charge in [-0.2, -0.15) is 0 Å². The lowest BCUT2D eigenvalue weighted by Gasteiger charge is -2.10. The zero-order chi connectivity index (χ0) is 10.1. The average Bonchev–Trinajstić information content (AvgIpc) is 2.16. The van der Waals surface area contributed by atoms with E-state index in [4.69, 9.17) is 5.73 Å². The summed E-state index contributed by atoms with van der Waals surface area (Å²) >= 11 is 0. The van der Waals surface area contributed by atoms with Crippen molar-refractivity contribution in [3.63, 3.8) is 0 Å². The Bertz CT molecular complexity index is 465. The topological polar surface area (TPSA) is 55.0 Å². The molecule has 0 saturated heterocycles. The van der Waals surface area contributed by atoms with E-state index >= 15 is 0 Å². The van der Waals surface area contributed by atoms with Crippen LogP contribution in [0.15, 0.2) is 24.4 Å². The Morgan fingerprint density at radius 2 is 2.00 bits per heavy atom. The average molecular weight is 188 g/mol. The molecular weight excluding hydrogens is 176 g/mol. The maximum Gasteiger partial charge on any atom is 0.147 e. The number of fused-ring (bicyclic) bond motifs is 1. The first-order chi connectivity index (χ1) is 6.66. The number of hydrogen-bond donors (Lipinski definition) is 1. The van der Waals surface area contributed by atoms with Crippen LogP contribution in [0.1, 0.15) is 0 Å². The van der Waals surface area contributed by atoms with E-state index in [0.717, 1.165) is 16.9 Å². The molecular formula is C10H12N4. The largest absolute Gasteiger partial charge is 0.399 e. The van der Waals surface area contributed by atoms with Gasteiger partial charge in [-0.05, 0) is 18.2 Å². The molecule has 0 saturated carbocycles.